The fourth-order valence-corrected chi connectivity index (χ4v) is 1.10. The highest BCUT2D eigenvalue weighted by Crippen LogP contribution is 2.16. The zero-order chi connectivity index (χ0) is 21.6. The van der Waals surface area contributed by atoms with Gasteiger partial charge < -0.3 is 5.73 Å². The molecule has 0 spiro atoms. The van der Waals surface area contributed by atoms with E-state index in [-0.39, 0.29) is 0 Å². The molecule has 2 N–H and O–H groups in total. The summed E-state index contributed by atoms with van der Waals surface area (Å²) in [6, 6.07) is 19.4. The summed E-state index contributed by atoms with van der Waals surface area (Å²) >= 11 is 0. The average molecular weight is 364 g/mol. The van der Waals surface area contributed by atoms with Crippen molar-refractivity contribution < 1.29 is 0 Å². The van der Waals surface area contributed by atoms with Gasteiger partial charge in [0, 0.05) is 0 Å². The monoisotopic (exact) mass is 363 g/mol. The normalized spacial score (nSPS) is 7.08. The van der Waals surface area contributed by atoms with Gasteiger partial charge in [-0.25, -0.2) is 0 Å². The van der Waals surface area contributed by atoms with Gasteiger partial charge in [0.2, 0.25) is 0 Å². The highest BCUT2D eigenvalue weighted by molar-refractivity contribution is 5.39. The molecule has 0 heterocycles. The minimum Gasteiger partial charge on any atom is -0.333 e. The fraction of sp³-hybridized carbons (Fsp3) is 0.478. The number of azo groups is 1. The third kappa shape index (κ3) is 26.9. The lowest BCUT2D eigenvalue weighted by molar-refractivity contribution is 1.23. The molecule has 3 nitrogen and oxygen atoms in total. The van der Waals surface area contributed by atoms with Crippen molar-refractivity contribution in [3.8, 4) is 0 Å². The summed E-state index contributed by atoms with van der Waals surface area (Å²) in [5.41, 5.74) is 6.24. The molecule has 0 saturated carbocycles. The maximum absolute atomic E-state index is 4.50. The second-order valence-electron chi connectivity index (χ2n) is 2.87. The van der Waals surface area contributed by atoms with Crippen LogP contribution in [-0.4, -0.2) is 7.05 Å². The third-order valence-corrected chi connectivity index (χ3v) is 1.79. The molecule has 3 heteroatoms. The number of nitrogens with two attached hydrogens (primary N) is 1. The molecule has 0 aliphatic rings. The standard InChI is InChI=1S/C12H10N2.5C2H6.CH5N/c1-3-7-11(8-4-1)13-14-12-9-5-2-6-10-12;6*1-2/h1-10H;5*1-2H3;2H2,1H3. The Kier molecular flexibility index (Phi) is 58.8. The minimum absolute atomic E-state index is 0.872. The molecule has 0 radical (unpaired) electrons. The van der Waals surface area contributed by atoms with Gasteiger partial charge in [-0.3, -0.25) is 0 Å². The van der Waals surface area contributed by atoms with Crippen LogP contribution in [0.3, 0.4) is 0 Å². The SMILES string of the molecule is CC.CC.CC.CC.CC.CN.c1ccc(N=Nc2ccccc2)cc1. The molecule has 152 valence electrons. The van der Waals surface area contributed by atoms with Crippen molar-refractivity contribution in [3.63, 3.8) is 0 Å². The van der Waals surface area contributed by atoms with Crippen molar-refractivity contribution >= 4 is 11.4 Å². The predicted octanol–water partition coefficient (Wildman–Crippen LogP) is 8.81. The summed E-state index contributed by atoms with van der Waals surface area (Å²) in [7, 11) is 1.50. The Labute approximate surface area is 164 Å². The highest BCUT2D eigenvalue weighted by atomic mass is 15.1. The summed E-state index contributed by atoms with van der Waals surface area (Å²) in [6.07, 6.45) is 0. The van der Waals surface area contributed by atoms with Crippen LogP contribution in [0.2, 0.25) is 0 Å². The van der Waals surface area contributed by atoms with Crippen LogP contribution in [0, 0.1) is 0 Å². The number of hydrogen-bond acceptors (Lipinski definition) is 3. The van der Waals surface area contributed by atoms with Crippen LogP contribution >= 0.6 is 0 Å². The van der Waals surface area contributed by atoms with Gasteiger partial charge in [-0.05, 0) is 31.3 Å². The zero-order valence-corrected chi connectivity index (χ0v) is 19.2. The van der Waals surface area contributed by atoms with E-state index in [0.717, 1.165) is 11.4 Å². The van der Waals surface area contributed by atoms with E-state index in [0.29, 0.717) is 0 Å². The lowest BCUT2D eigenvalue weighted by Crippen LogP contribution is -1.69. The van der Waals surface area contributed by atoms with Crippen LogP contribution in [0.1, 0.15) is 69.2 Å². The van der Waals surface area contributed by atoms with Gasteiger partial charge in [-0.2, -0.15) is 10.2 Å². The van der Waals surface area contributed by atoms with Gasteiger partial charge in [0.1, 0.15) is 0 Å². The molecule has 0 aliphatic carbocycles. The largest absolute Gasteiger partial charge is 0.333 e. The molecule has 0 bridgehead atoms. The first-order chi connectivity index (χ1) is 12.9. The quantitative estimate of drug-likeness (QED) is 0.532. The average Bonchev–Trinajstić information content (AvgIpc) is 2.82. The van der Waals surface area contributed by atoms with Gasteiger partial charge in [0.15, 0.2) is 0 Å². The summed E-state index contributed by atoms with van der Waals surface area (Å²) < 4.78 is 0. The Morgan fingerprint density at radius 2 is 0.615 bits per heavy atom. The molecule has 0 aliphatic heterocycles. The molecule has 0 saturated heterocycles. The minimum atomic E-state index is 0.872. The lowest BCUT2D eigenvalue weighted by Gasteiger charge is -1.91. The summed E-state index contributed by atoms with van der Waals surface area (Å²) in [6.45, 7) is 20.0. The first-order valence-electron chi connectivity index (χ1n) is 10.0. The van der Waals surface area contributed by atoms with E-state index in [9.17, 15) is 0 Å². The first-order valence-corrected chi connectivity index (χ1v) is 10.0. The highest BCUT2D eigenvalue weighted by Gasteiger charge is 1.86. The second kappa shape index (κ2) is 43.5. The smallest absolute Gasteiger partial charge is 0.0857 e. The zero-order valence-electron chi connectivity index (χ0n) is 19.2. The van der Waals surface area contributed by atoms with Gasteiger partial charge in [-0.15, -0.1) is 0 Å². The van der Waals surface area contributed by atoms with Crippen molar-refractivity contribution in [1.29, 1.82) is 0 Å². The third-order valence-electron chi connectivity index (χ3n) is 1.79. The number of benzene rings is 2. The molecule has 26 heavy (non-hydrogen) atoms. The van der Waals surface area contributed by atoms with Crippen molar-refractivity contribution in [3.05, 3.63) is 60.7 Å². The van der Waals surface area contributed by atoms with Crippen LogP contribution in [0.15, 0.2) is 70.9 Å². The van der Waals surface area contributed by atoms with Crippen molar-refractivity contribution in [2.24, 2.45) is 16.0 Å². The maximum atomic E-state index is 4.50. The Morgan fingerprint density at radius 1 is 0.423 bits per heavy atom. The van der Waals surface area contributed by atoms with Crippen LogP contribution in [0.5, 0.6) is 0 Å². The van der Waals surface area contributed by atoms with E-state index in [1.165, 1.54) is 7.05 Å². The Morgan fingerprint density at radius 3 is 0.808 bits per heavy atom. The summed E-state index contributed by atoms with van der Waals surface area (Å²) in [5, 5.41) is 8.20. The van der Waals surface area contributed by atoms with E-state index in [1.807, 2.05) is 130 Å². The molecule has 0 atom stereocenters. The molecular formula is C23H45N3. The van der Waals surface area contributed by atoms with Crippen LogP contribution in [0.25, 0.3) is 0 Å². The topological polar surface area (TPSA) is 50.7 Å². The molecule has 2 rings (SSSR count). The van der Waals surface area contributed by atoms with E-state index < -0.39 is 0 Å². The maximum Gasteiger partial charge on any atom is 0.0857 e. The van der Waals surface area contributed by atoms with Crippen molar-refractivity contribution in [2.45, 2.75) is 69.2 Å². The molecule has 0 unspecified atom stereocenters. The molecule has 2 aromatic carbocycles. The summed E-state index contributed by atoms with van der Waals surface area (Å²) in [5.74, 6) is 0. The molecule has 2 aromatic rings. The molecular weight excluding hydrogens is 318 g/mol. The van der Waals surface area contributed by atoms with E-state index in [1.54, 1.807) is 0 Å². The van der Waals surface area contributed by atoms with Gasteiger partial charge >= 0.3 is 0 Å². The Bertz CT molecular complexity index is 370. The predicted molar refractivity (Wildman–Crippen MR) is 124 cm³/mol. The fourth-order valence-electron chi connectivity index (χ4n) is 1.10. The molecule has 0 aromatic heterocycles. The van der Waals surface area contributed by atoms with Crippen molar-refractivity contribution in [2.75, 3.05) is 7.05 Å². The Balaban J connectivity index is -0.000000105. The molecule has 0 fully saturated rings. The van der Waals surface area contributed by atoms with Gasteiger partial charge in [0.05, 0.1) is 11.4 Å². The van der Waals surface area contributed by atoms with E-state index in [2.05, 4.69) is 16.0 Å². The van der Waals surface area contributed by atoms with Gasteiger partial charge in [0.25, 0.3) is 0 Å². The first kappa shape index (κ1) is 35.2. The van der Waals surface area contributed by atoms with Gasteiger partial charge in [-0.1, -0.05) is 106 Å². The number of rotatable bonds is 2. The van der Waals surface area contributed by atoms with E-state index >= 15 is 0 Å². The number of nitrogens with zero attached hydrogens (tertiary/aromatic N) is 2. The van der Waals surface area contributed by atoms with Crippen LogP contribution < -0.4 is 5.73 Å². The Hall–Kier alpha value is -2.00. The van der Waals surface area contributed by atoms with Crippen LogP contribution in [0.4, 0.5) is 11.4 Å². The second-order valence-corrected chi connectivity index (χ2v) is 2.87. The van der Waals surface area contributed by atoms with Crippen LogP contribution in [-0.2, 0) is 0 Å². The lowest BCUT2D eigenvalue weighted by atomic mass is 10.3. The molecule has 0 amide bonds. The number of hydrogen-bond donors (Lipinski definition) is 1. The van der Waals surface area contributed by atoms with E-state index in [4.69, 9.17) is 0 Å². The summed E-state index contributed by atoms with van der Waals surface area (Å²) in [4.78, 5) is 0. The van der Waals surface area contributed by atoms with Crippen molar-refractivity contribution in [1.82, 2.24) is 0 Å².